The third kappa shape index (κ3) is 41.9. The number of carbonyl (C=O) groups is 2. The number of ether oxygens (including phenoxy) is 2. The molecule has 0 saturated heterocycles. The molecule has 3 N–H and O–H groups in total. The number of carbonyl (C=O) groups excluding carboxylic acids is 2. The molecule has 2 unspecified atom stereocenters. The summed E-state index contributed by atoms with van der Waals surface area (Å²) in [6.45, 7) is 9.09. The van der Waals surface area contributed by atoms with Crippen molar-refractivity contribution in [3.8, 4) is 0 Å². The second-order valence-corrected chi connectivity index (χ2v) is 18.2. The van der Waals surface area contributed by atoms with Crippen molar-refractivity contribution in [1.29, 1.82) is 0 Å². The highest BCUT2D eigenvalue weighted by atomic mass is 16.5. The van der Waals surface area contributed by atoms with E-state index < -0.39 is 12.1 Å². The smallest absolute Gasteiger partial charge is 0.323 e. The van der Waals surface area contributed by atoms with E-state index in [1.165, 1.54) is 167 Å². The highest BCUT2D eigenvalue weighted by Gasteiger charge is 2.21. The molecule has 0 radical (unpaired) electrons. The fourth-order valence-electron chi connectivity index (χ4n) is 8.30. The van der Waals surface area contributed by atoms with Gasteiger partial charge in [-0.2, -0.15) is 0 Å². The molecule has 0 aliphatic heterocycles. The summed E-state index contributed by atoms with van der Waals surface area (Å²) in [6.07, 6.45) is 43.0. The molecule has 0 aliphatic carbocycles. The van der Waals surface area contributed by atoms with Crippen molar-refractivity contribution in [2.45, 2.75) is 264 Å². The van der Waals surface area contributed by atoms with Gasteiger partial charge in [0.05, 0.1) is 25.9 Å². The van der Waals surface area contributed by atoms with E-state index >= 15 is 0 Å². The molecule has 0 bridgehead atoms. The Kier molecular flexibility index (Phi) is 45.3. The fourth-order valence-corrected chi connectivity index (χ4v) is 8.30. The van der Waals surface area contributed by atoms with E-state index in [9.17, 15) is 19.8 Å². The molecule has 0 heterocycles. The van der Waals surface area contributed by atoms with Gasteiger partial charge in [-0.05, 0) is 45.1 Å². The topological polar surface area (TPSA) is 108 Å². The van der Waals surface area contributed by atoms with Crippen molar-refractivity contribution in [3.05, 3.63) is 0 Å². The van der Waals surface area contributed by atoms with Crippen molar-refractivity contribution < 1.29 is 29.3 Å². The van der Waals surface area contributed by atoms with E-state index in [1.54, 1.807) is 0 Å². The Morgan fingerprint density at radius 2 is 0.932 bits per heavy atom. The lowest BCUT2D eigenvalue weighted by atomic mass is 9.90. The van der Waals surface area contributed by atoms with Crippen LogP contribution in [0.25, 0.3) is 0 Å². The summed E-state index contributed by atoms with van der Waals surface area (Å²) < 4.78 is 11.4. The molecule has 0 aromatic rings. The van der Waals surface area contributed by atoms with Crippen LogP contribution in [-0.2, 0) is 19.1 Å². The van der Waals surface area contributed by atoms with Gasteiger partial charge in [0.25, 0.3) is 0 Å². The molecular weight excluding hydrogens is 737 g/mol. The van der Waals surface area contributed by atoms with Crippen LogP contribution in [-0.4, -0.2) is 85.7 Å². The maximum Gasteiger partial charge on any atom is 0.323 e. The first-order chi connectivity index (χ1) is 28.9. The number of nitrogens with one attached hydrogen (secondary N) is 1. The number of aliphatic hydroxyl groups is 2. The Labute approximate surface area is 366 Å². The summed E-state index contributed by atoms with van der Waals surface area (Å²) in [4.78, 5) is 27.5. The molecule has 8 heteroatoms. The second kappa shape index (κ2) is 46.3. The van der Waals surface area contributed by atoms with Crippen LogP contribution in [0, 0.1) is 5.92 Å². The number of unbranched alkanes of at least 4 members (excludes halogenated alkanes) is 26. The van der Waals surface area contributed by atoms with E-state index in [0.717, 1.165) is 57.3 Å². The molecule has 0 spiro atoms. The zero-order valence-electron chi connectivity index (χ0n) is 39.9. The molecule has 8 nitrogen and oxygen atoms in total. The predicted octanol–water partition coefficient (Wildman–Crippen LogP) is 13.0. The maximum atomic E-state index is 13.1. The summed E-state index contributed by atoms with van der Waals surface area (Å²) in [5, 5.41) is 23.0. The van der Waals surface area contributed by atoms with Crippen molar-refractivity contribution >= 4 is 11.9 Å². The van der Waals surface area contributed by atoms with Gasteiger partial charge in [0.1, 0.15) is 6.04 Å². The Hall–Kier alpha value is -1.22. The molecule has 352 valence electrons. The standard InChI is InChI=1S/C51H102N2O6/c1-5-8-11-14-17-20-23-29-34-43-59-51(57)49(52-45-48(55)46-53(4)41-42-54)39-32-27-24-28-33-40-50(56)58-44-35-38-47(36-30-25-21-18-15-12-9-6-2)37-31-26-22-19-16-13-10-7-3/h47-49,52,54-55H,5-46H2,1-4H3. The molecule has 0 fully saturated rings. The molecule has 59 heavy (non-hydrogen) atoms. The Balaban J connectivity index is 4.44. The van der Waals surface area contributed by atoms with E-state index in [-0.39, 0.29) is 18.5 Å². The van der Waals surface area contributed by atoms with Crippen LogP contribution in [0.5, 0.6) is 0 Å². The number of esters is 2. The molecule has 0 rings (SSSR count). The third-order valence-corrected chi connectivity index (χ3v) is 12.2. The lowest BCUT2D eigenvalue weighted by molar-refractivity contribution is -0.147. The van der Waals surface area contributed by atoms with Crippen LogP contribution in [0.2, 0.25) is 0 Å². The van der Waals surface area contributed by atoms with Crippen LogP contribution in [0.1, 0.15) is 252 Å². The van der Waals surface area contributed by atoms with Crippen molar-refractivity contribution in [3.63, 3.8) is 0 Å². The van der Waals surface area contributed by atoms with Gasteiger partial charge < -0.3 is 29.9 Å². The van der Waals surface area contributed by atoms with Gasteiger partial charge in [-0.3, -0.25) is 9.59 Å². The fraction of sp³-hybridized carbons (Fsp3) is 0.961. The van der Waals surface area contributed by atoms with Gasteiger partial charge >= 0.3 is 11.9 Å². The maximum absolute atomic E-state index is 13.1. The zero-order valence-corrected chi connectivity index (χ0v) is 39.9. The lowest BCUT2D eigenvalue weighted by Crippen LogP contribution is -2.45. The molecule has 2 atom stereocenters. The van der Waals surface area contributed by atoms with Crippen LogP contribution in [0.4, 0.5) is 0 Å². The highest BCUT2D eigenvalue weighted by Crippen LogP contribution is 2.24. The third-order valence-electron chi connectivity index (χ3n) is 12.2. The number of aliphatic hydroxyl groups excluding tert-OH is 2. The summed E-state index contributed by atoms with van der Waals surface area (Å²) in [6, 6.07) is -0.443. The van der Waals surface area contributed by atoms with E-state index in [2.05, 4.69) is 26.1 Å². The SMILES string of the molecule is CCCCCCCCCCCOC(=O)C(CCCCCCCC(=O)OCCCC(CCCCCCCCCC)CCCCCCCCCC)NCC(O)CN(C)CCO. The quantitative estimate of drug-likeness (QED) is 0.0411. The van der Waals surface area contributed by atoms with Gasteiger partial charge in [-0.25, -0.2) is 0 Å². The monoisotopic (exact) mass is 839 g/mol. The van der Waals surface area contributed by atoms with Gasteiger partial charge in [0, 0.05) is 26.1 Å². The van der Waals surface area contributed by atoms with E-state index in [1.807, 2.05) is 11.9 Å². The number of hydrogen-bond donors (Lipinski definition) is 3. The first-order valence-corrected chi connectivity index (χ1v) is 25.9. The summed E-state index contributed by atoms with van der Waals surface area (Å²) in [5.41, 5.74) is 0. The van der Waals surface area contributed by atoms with Crippen LogP contribution in [0.3, 0.4) is 0 Å². The predicted molar refractivity (Wildman–Crippen MR) is 251 cm³/mol. The first kappa shape index (κ1) is 57.8. The Morgan fingerprint density at radius 3 is 1.42 bits per heavy atom. The minimum Gasteiger partial charge on any atom is -0.466 e. The Bertz CT molecular complexity index is 855. The van der Waals surface area contributed by atoms with Crippen LogP contribution >= 0.6 is 0 Å². The average Bonchev–Trinajstić information content (AvgIpc) is 3.22. The molecule has 0 aromatic heterocycles. The largest absolute Gasteiger partial charge is 0.466 e. The summed E-state index contributed by atoms with van der Waals surface area (Å²) in [7, 11) is 1.87. The zero-order chi connectivity index (χ0) is 43.3. The molecule has 0 aromatic carbocycles. The first-order valence-electron chi connectivity index (χ1n) is 25.9. The van der Waals surface area contributed by atoms with Crippen molar-refractivity contribution in [1.82, 2.24) is 10.2 Å². The molecule has 0 amide bonds. The number of likely N-dealkylation sites (N-methyl/N-ethyl adjacent to an activating group) is 1. The van der Waals surface area contributed by atoms with Crippen LogP contribution < -0.4 is 5.32 Å². The average molecular weight is 839 g/mol. The number of hydrogen-bond acceptors (Lipinski definition) is 8. The van der Waals surface area contributed by atoms with E-state index in [0.29, 0.717) is 45.7 Å². The van der Waals surface area contributed by atoms with Gasteiger partial charge in [-0.15, -0.1) is 0 Å². The van der Waals surface area contributed by atoms with Gasteiger partial charge in [0.2, 0.25) is 0 Å². The minimum atomic E-state index is -0.639. The van der Waals surface area contributed by atoms with Crippen molar-refractivity contribution in [2.24, 2.45) is 5.92 Å². The highest BCUT2D eigenvalue weighted by molar-refractivity contribution is 5.75. The van der Waals surface area contributed by atoms with Crippen molar-refractivity contribution in [2.75, 3.05) is 46.5 Å². The van der Waals surface area contributed by atoms with E-state index in [4.69, 9.17) is 9.47 Å². The number of nitrogens with zero attached hydrogens (tertiary/aromatic N) is 1. The minimum absolute atomic E-state index is 0.0466. The summed E-state index contributed by atoms with van der Waals surface area (Å²) >= 11 is 0. The Morgan fingerprint density at radius 1 is 0.525 bits per heavy atom. The second-order valence-electron chi connectivity index (χ2n) is 18.2. The molecule has 0 aliphatic rings. The van der Waals surface area contributed by atoms with Gasteiger partial charge in [-0.1, -0.05) is 213 Å². The lowest BCUT2D eigenvalue weighted by Gasteiger charge is -2.23. The molecule has 0 saturated carbocycles. The summed E-state index contributed by atoms with van der Waals surface area (Å²) in [5.74, 6) is 0.486. The van der Waals surface area contributed by atoms with Crippen LogP contribution in [0.15, 0.2) is 0 Å². The number of rotatable bonds is 48. The molecular formula is C51H102N2O6. The normalized spacial score (nSPS) is 12.7. The van der Waals surface area contributed by atoms with Gasteiger partial charge in [0.15, 0.2) is 0 Å².